The van der Waals surface area contributed by atoms with Gasteiger partial charge in [-0.15, -0.1) is 0 Å². The number of aromatic nitrogens is 1. The maximum Gasteiger partial charge on any atom is 0.0737 e. The van der Waals surface area contributed by atoms with Gasteiger partial charge in [0.25, 0.3) is 0 Å². The van der Waals surface area contributed by atoms with Crippen molar-refractivity contribution in [1.29, 1.82) is 0 Å². The molecule has 1 aromatic heterocycles. The first-order valence-electron chi connectivity index (χ1n) is 7.44. The Labute approximate surface area is 132 Å². The van der Waals surface area contributed by atoms with Gasteiger partial charge < -0.3 is 9.80 Å². The van der Waals surface area contributed by atoms with Crippen LogP contribution in [0.3, 0.4) is 0 Å². The van der Waals surface area contributed by atoms with E-state index in [-0.39, 0.29) is 0 Å². The third-order valence-corrected chi connectivity index (χ3v) is 4.21. The van der Waals surface area contributed by atoms with E-state index < -0.39 is 0 Å². The van der Waals surface area contributed by atoms with Crippen LogP contribution in [0, 0.1) is 0 Å². The molecule has 0 aliphatic carbocycles. The van der Waals surface area contributed by atoms with Crippen molar-refractivity contribution in [1.82, 2.24) is 9.88 Å². The average Bonchev–Trinajstić information content (AvgIpc) is 2.45. The summed E-state index contributed by atoms with van der Waals surface area (Å²) in [5.41, 5.74) is 2.16. The Bertz CT molecular complexity index is 598. The fourth-order valence-corrected chi connectivity index (χ4v) is 2.54. The average molecular weight is 306 g/mol. The molecule has 0 amide bonds. The zero-order chi connectivity index (χ0) is 15.4. The second-order valence-electron chi connectivity index (χ2n) is 5.84. The topological polar surface area (TPSA) is 19.4 Å². The van der Waals surface area contributed by atoms with E-state index in [0.717, 1.165) is 35.4 Å². The third-order valence-electron chi connectivity index (χ3n) is 3.98. The highest BCUT2D eigenvalue weighted by molar-refractivity contribution is 6.31. The third kappa shape index (κ3) is 4.08. The monoisotopic (exact) mass is 305 g/mol. The molecule has 0 aliphatic rings. The predicted octanol–water partition coefficient (Wildman–Crippen LogP) is 4.05. The van der Waals surface area contributed by atoms with Gasteiger partial charge in [-0.2, -0.15) is 0 Å². The predicted molar refractivity (Wildman–Crippen MR) is 92.4 cm³/mol. The van der Waals surface area contributed by atoms with Crippen molar-refractivity contribution in [2.45, 2.75) is 26.3 Å². The van der Waals surface area contributed by atoms with E-state index in [2.05, 4.69) is 54.9 Å². The summed E-state index contributed by atoms with van der Waals surface area (Å²) in [5.74, 6) is 0. The van der Waals surface area contributed by atoms with Gasteiger partial charge in [-0.05, 0) is 58.1 Å². The van der Waals surface area contributed by atoms with Gasteiger partial charge in [0.05, 0.1) is 5.52 Å². The van der Waals surface area contributed by atoms with Gasteiger partial charge >= 0.3 is 0 Å². The molecule has 2 aromatic rings. The van der Waals surface area contributed by atoms with Crippen LogP contribution < -0.4 is 4.90 Å². The second-order valence-corrected chi connectivity index (χ2v) is 6.28. The van der Waals surface area contributed by atoms with Crippen LogP contribution in [0.2, 0.25) is 5.02 Å². The maximum absolute atomic E-state index is 6.04. The van der Waals surface area contributed by atoms with E-state index in [1.54, 1.807) is 0 Å². The van der Waals surface area contributed by atoms with Crippen molar-refractivity contribution in [2.24, 2.45) is 0 Å². The number of halogens is 1. The van der Waals surface area contributed by atoms with Gasteiger partial charge in [0.15, 0.2) is 0 Å². The minimum atomic E-state index is 0.596. The molecular weight excluding hydrogens is 282 g/mol. The number of fused-ring (bicyclic) bond motifs is 1. The maximum atomic E-state index is 6.04. The van der Waals surface area contributed by atoms with Gasteiger partial charge in [0.2, 0.25) is 0 Å². The fourth-order valence-electron chi connectivity index (χ4n) is 2.37. The minimum Gasteiger partial charge on any atom is -0.374 e. The van der Waals surface area contributed by atoms with Gasteiger partial charge in [-0.1, -0.05) is 11.6 Å². The molecule has 0 N–H and O–H groups in total. The Morgan fingerprint density at radius 1 is 1.14 bits per heavy atom. The van der Waals surface area contributed by atoms with E-state index in [4.69, 9.17) is 11.6 Å². The number of hydrogen-bond acceptors (Lipinski definition) is 3. The highest BCUT2D eigenvalue weighted by Crippen LogP contribution is 2.26. The van der Waals surface area contributed by atoms with Crippen LogP contribution in [0.4, 0.5) is 5.69 Å². The Balaban J connectivity index is 2.07. The molecule has 0 radical (unpaired) electrons. The largest absolute Gasteiger partial charge is 0.374 e. The molecule has 3 nitrogen and oxygen atoms in total. The van der Waals surface area contributed by atoms with E-state index >= 15 is 0 Å². The van der Waals surface area contributed by atoms with Gasteiger partial charge in [0, 0.05) is 41.9 Å². The Morgan fingerprint density at radius 2 is 1.90 bits per heavy atom. The van der Waals surface area contributed by atoms with Gasteiger partial charge in [0.1, 0.15) is 0 Å². The van der Waals surface area contributed by atoms with Crippen LogP contribution in [-0.4, -0.2) is 43.1 Å². The molecule has 0 saturated carbocycles. The SMILES string of the molecule is CC(C)N(C)CCCN(C)c1ccnc2cc(Cl)ccc12. The highest BCUT2D eigenvalue weighted by Gasteiger charge is 2.08. The molecule has 1 heterocycles. The smallest absolute Gasteiger partial charge is 0.0737 e. The Morgan fingerprint density at radius 3 is 2.62 bits per heavy atom. The lowest BCUT2D eigenvalue weighted by Crippen LogP contribution is -2.30. The lowest BCUT2D eigenvalue weighted by atomic mass is 10.1. The zero-order valence-corrected chi connectivity index (χ0v) is 14.1. The van der Waals surface area contributed by atoms with Gasteiger partial charge in [-0.25, -0.2) is 0 Å². The molecule has 0 fully saturated rings. The summed E-state index contributed by atoms with van der Waals surface area (Å²) in [6.07, 6.45) is 2.99. The van der Waals surface area contributed by atoms with Crippen LogP contribution in [0.25, 0.3) is 10.9 Å². The van der Waals surface area contributed by atoms with Crippen molar-refractivity contribution in [3.63, 3.8) is 0 Å². The molecule has 2 rings (SSSR count). The van der Waals surface area contributed by atoms with Crippen LogP contribution in [-0.2, 0) is 0 Å². The second kappa shape index (κ2) is 7.10. The lowest BCUT2D eigenvalue weighted by molar-refractivity contribution is 0.272. The minimum absolute atomic E-state index is 0.596. The Kier molecular flexibility index (Phi) is 5.43. The van der Waals surface area contributed by atoms with Crippen LogP contribution >= 0.6 is 11.6 Å². The number of benzene rings is 1. The molecule has 0 aliphatic heterocycles. The number of hydrogen-bond donors (Lipinski definition) is 0. The van der Waals surface area contributed by atoms with E-state index in [0.29, 0.717) is 6.04 Å². The standard InChI is InChI=1S/C17H24ClN3/c1-13(2)20(3)10-5-11-21(4)17-8-9-19-16-12-14(18)6-7-15(16)17/h6-9,12-13H,5,10-11H2,1-4H3. The molecule has 0 bridgehead atoms. The molecule has 4 heteroatoms. The van der Waals surface area contributed by atoms with Crippen molar-refractivity contribution in [2.75, 3.05) is 32.1 Å². The molecule has 1 aromatic carbocycles. The first kappa shape index (κ1) is 16.1. The van der Waals surface area contributed by atoms with E-state index in [9.17, 15) is 0 Å². The molecule has 0 spiro atoms. The van der Waals surface area contributed by atoms with Crippen molar-refractivity contribution in [3.8, 4) is 0 Å². The van der Waals surface area contributed by atoms with Crippen molar-refractivity contribution < 1.29 is 0 Å². The Hall–Kier alpha value is -1.32. The number of nitrogens with zero attached hydrogens (tertiary/aromatic N) is 3. The van der Waals surface area contributed by atoms with Crippen molar-refractivity contribution >= 4 is 28.2 Å². The van der Waals surface area contributed by atoms with Crippen LogP contribution in [0.15, 0.2) is 30.5 Å². The number of rotatable bonds is 6. The summed E-state index contributed by atoms with van der Waals surface area (Å²) in [6.45, 7) is 6.59. The van der Waals surface area contributed by atoms with E-state index in [1.165, 1.54) is 5.69 Å². The summed E-state index contributed by atoms with van der Waals surface area (Å²) in [6, 6.07) is 8.56. The lowest BCUT2D eigenvalue weighted by Gasteiger charge is -2.24. The molecule has 0 saturated heterocycles. The summed E-state index contributed by atoms with van der Waals surface area (Å²) in [7, 11) is 4.31. The molecular formula is C17H24ClN3. The summed E-state index contributed by atoms with van der Waals surface area (Å²) in [4.78, 5) is 9.07. The first-order chi connectivity index (χ1) is 9.99. The van der Waals surface area contributed by atoms with Crippen LogP contribution in [0.1, 0.15) is 20.3 Å². The molecule has 0 unspecified atom stereocenters. The van der Waals surface area contributed by atoms with Crippen molar-refractivity contribution in [3.05, 3.63) is 35.5 Å². The quantitative estimate of drug-likeness (QED) is 0.802. The first-order valence-corrected chi connectivity index (χ1v) is 7.82. The number of anilines is 1. The summed E-state index contributed by atoms with van der Waals surface area (Å²) in [5, 5.41) is 1.88. The summed E-state index contributed by atoms with van der Waals surface area (Å²) < 4.78 is 0. The van der Waals surface area contributed by atoms with Gasteiger partial charge in [-0.3, -0.25) is 4.98 Å². The van der Waals surface area contributed by atoms with E-state index in [1.807, 2.05) is 18.3 Å². The fraction of sp³-hybridized carbons (Fsp3) is 0.471. The summed E-state index contributed by atoms with van der Waals surface area (Å²) >= 11 is 6.04. The highest BCUT2D eigenvalue weighted by atomic mass is 35.5. The molecule has 114 valence electrons. The zero-order valence-electron chi connectivity index (χ0n) is 13.3. The van der Waals surface area contributed by atoms with Crippen LogP contribution in [0.5, 0.6) is 0 Å². The molecule has 0 atom stereocenters. The normalized spacial score (nSPS) is 11.6. The molecule has 21 heavy (non-hydrogen) atoms. The number of pyridine rings is 1.